The lowest BCUT2D eigenvalue weighted by atomic mass is 9.85. The average molecular weight is 483 g/mol. The number of carbonyl (C=O) groups excluding carboxylic acids is 1. The number of carbonyl (C=O) groups is 2. The van der Waals surface area contributed by atoms with Crippen LogP contribution in [0, 0.1) is 11.8 Å². The highest BCUT2D eigenvalue weighted by Crippen LogP contribution is 2.31. The van der Waals surface area contributed by atoms with Crippen LogP contribution in [-0.2, 0) is 9.59 Å². The molecule has 1 aliphatic rings. The van der Waals surface area contributed by atoms with Gasteiger partial charge in [0.15, 0.2) is 11.7 Å². The summed E-state index contributed by atoms with van der Waals surface area (Å²) in [7, 11) is 0. The Balaban J connectivity index is 0.00000102. The van der Waals surface area contributed by atoms with E-state index in [0.717, 1.165) is 51.0 Å². The maximum atomic E-state index is 12.0. The van der Waals surface area contributed by atoms with E-state index in [1.54, 1.807) is 19.1 Å². The van der Waals surface area contributed by atoms with Gasteiger partial charge in [-0.1, -0.05) is 18.6 Å². The summed E-state index contributed by atoms with van der Waals surface area (Å²) in [5, 5.41) is 27.8. The molecule has 9 nitrogen and oxygen atoms in total. The maximum absolute atomic E-state index is 12.0. The van der Waals surface area contributed by atoms with Crippen LogP contribution in [0.15, 0.2) is 29.3 Å². The van der Waals surface area contributed by atoms with Crippen LogP contribution in [0.3, 0.4) is 0 Å². The second-order valence-corrected chi connectivity index (χ2v) is 8.87. The second-order valence-electron chi connectivity index (χ2n) is 8.87. The molecule has 196 valence electrons. The molecule has 4 atom stereocenters. The summed E-state index contributed by atoms with van der Waals surface area (Å²) in [5.74, 6) is -0.384. The van der Waals surface area contributed by atoms with Crippen molar-refractivity contribution in [3.8, 4) is 0 Å². The molecule has 0 amide bonds. The molecule has 1 aliphatic carbocycles. The Morgan fingerprint density at radius 2 is 1.82 bits per heavy atom. The fraction of sp³-hybridized carbons (Fsp3) is 0.720. The van der Waals surface area contributed by atoms with Gasteiger partial charge in [-0.05, 0) is 89.7 Å². The number of allylic oxidation sites excluding steroid dienone is 3. The van der Waals surface area contributed by atoms with Crippen LogP contribution in [-0.4, -0.2) is 58.3 Å². The zero-order chi connectivity index (χ0) is 25.8. The number of guanidine groups is 1. The highest BCUT2D eigenvalue weighted by atomic mass is 16.4. The number of carboxylic acids is 1. The number of aliphatic imine (C=N–C) groups is 1. The molecule has 9 heteroatoms. The van der Waals surface area contributed by atoms with Gasteiger partial charge in [-0.25, -0.2) is 4.79 Å². The Hall–Kier alpha value is -2.23. The van der Waals surface area contributed by atoms with Gasteiger partial charge in [-0.3, -0.25) is 9.79 Å². The summed E-state index contributed by atoms with van der Waals surface area (Å²) >= 11 is 0. The first-order valence-electron chi connectivity index (χ1n) is 12.4. The number of unbranched alkanes of at least 4 members (excludes halogenated alkanes) is 3. The minimum Gasteiger partial charge on any atom is -0.478 e. The molecule has 0 fully saturated rings. The minimum absolute atomic E-state index is 0.00752. The van der Waals surface area contributed by atoms with Crippen molar-refractivity contribution in [1.29, 1.82) is 0 Å². The lowest BCUT2D eigenvalue weighted by molar-refractivity contribution is -0.131. The molecule has 0 heterocycles. The van der Waals surface area contributed by atoms with Crippen LogP contribution in [0.25, 0.3) is 0 Å². The first kappa shape index (κ1) is 31.8. The number of carboxylic acid groups (broad SMARTS) is 1. The third kappa shape index (κ3) is 18.2. The molecule has 0 saturated heterocycles. The molecule has 0 spiro atoms. The molecule has 0 saturated carbocycles. The van der Waals surface area contributed by atoms with Gasteiger partial charge in [0.2, 0.25) is 0 Å². The Labute approximate surface area is 204 Å². The maximum Gasteiger partial charge on any atom is 0.327 e. The van der Waals surface area contributed by atoms with Crippen molar-refractivity contribution in [1.82, 2.24) is 0 Å². The zero-order valence-corrected chi connectivity index (χ0v) is 20.6. The van der Waals surface area contributed by atoms with E-state index in [9.17, 15) is 19.8 Å². The molecule has 0 aromatic heterocycles. The van der Waals surface area contributed by atoms with Crippen LogP contribution in [0.1, 0.15) is 77.6 Å². The highest BCUT2D eigenvalue weighted by molar-refractivity contribution is 5.94. The molecule has 0 bridgehead atoms. The molecule has 9 N–H and O–H groups in total. The first-order chi connectivity index (χ1) is 16.2. The number of aliphatic carboxylic acids is 1. The first-order valence-corrected chi connectivity index (χ1v) is 12.4. The fourth-order valence-electron chi connectivity index (χ4n) is 3.79. The zero-order valence-electron chi connectivity index (χ0n) is 20.6. The fourth-order valence-corrected chi connectivity index (χ4v) is 3.79. The molecule has 1 unspecified atom stereocenters. The molecule has 1 rings (SSSR count). The van der Waals surface area contributed by atoms with Gasteiger partial charge in [0.25, 0.3) is 0 Å². The Morgan fingerprint density at radius 3 is 2.44 bits per heavy atom. The Morgan fingerprint density at radius 1 is 1.09 bits per heavy atom. The lowest BCUT2D eigenvalue weighted by Crippen LogP contribution is -2.23. The number of hydrogen-bond donors (Lipinski definition) is 6. The lowest BCUT2D eigenvalue weighted by Gasteiger charge is -2.19. The largest absolute Gasteiger partial charge is 0.478 e. The van der Waals surface area contributed by atoms with Crippen molar-refractivity contribution < 1.29 is 24.9 Å². The summed E-state index contributed by atoms with van der Waals surface area (Å²) in [5.41, 5.74) is 15.4. The number of nitrogens with two attached hydrogens (primary N) is 3. The Kier molecular flexibility index (Phi) is 18.8. The minimum atomic E-state index is -0.928. The van der Waals surface area contributed by atoms with Crippen LogP contribution < -0.4 is 17.2 Å². The van der Waals surface area contributed by atoms with Crippen LogP contribution in [0.2, 0.25) is 0 Å². The van der Waals surface area contributed by atoms with Crippen molar-refractivity contribution in [2.24, 2.45) is 34.0 Å². The predicted molar refractivity (Wildman–Crippen MR) is 136 cm³/mol. The number of hydrogen-bond acceptors (Lipinski definition) is 6. The van der Waals surface area contributed by atoms with Crippen LogP contribution in [0.5, 0.6) is 0 Å². The SMILES string of the molecule is CC(O)CCC[C@H](O)CC[C@H]1C=CC(=O)[C@@H]1CCCCC=CC(=O)O.NCCCCN=C(N)N. The van der Waals surface area contributed by atoms with Crippen molar-refractivity contribution in [3.05, 3.63) is 24.3 Å². The number of aliphatic hydroxyl groups is 2. The van der Waals surface area contributed by atoms with E-state index < -0.39 is 5.97 Å². The molecule has 0 radical (unpaired) electrons. The van der Waals surface area contributed by atoms with Crippen molar-refractivity contribution in [2.45, 2.75) is 89.8 Å². The number of ketones is 1. The number of aliphatic hydroxyl groups excluding tert-OH is 2. The van der Waals surface area contributed by atoms with E-state index in [2.05, 4.69) is 4.99 Å². The van der Waals surface area contributed by atoms with Gasteiger partial charge in [0, 0.05) is 18.5 Å². The molecular weight excluding hydrogens is 436 g/mol. The van der Waals surface area contributed by atoms with E-state index in [-0.39, 0.29) is 35.8 Å². The van der Waals surface area contributed by atoms with Crippen LogP contribution >= 0.6 is 0 Å². The topological polar surface area (TPSA) is 185 Å². The summed E-state index contributed by atoms with van der Waals surface area (Å²) < 4.78 is 0. The van der Waals surface area contributed by atoms with E-state index >= 15 is 0 Å². The molecule has 0 aliphatic heterocycles. The Bertz CT molecular complexity index is 645. The average Bonchev–Trinajstić information content (AvgIpc) is 3.11. The number of nitrogens with zero attached hydrogens (tertiary/aromatic N) is 1. The summed E-state index contributed by atoms with van der Waals surface area (Å²) in [6, 6.07) is 0. The monoisotopic (exact) mass is 482 g/mol. The molecule has 0 aromatic carbocycles. The molecular formula is C25H46N4O5. The van der Waals surface area contributed by atoms with E-state index in [4.69, 9.17) is 22.3 Å². The quantitative estimate of drug-likeness (QED) is 0.0788. The van der Waals surface area contributed by atoms with Crippen molar-refractivity contribution in [2.75, 3.05) is 13.1 Å². The van der Waals surface area contributed by atoms with Crippen LogP contribution in [0.4, 0.5) is 0 Å². The standard InChI is InChI=1S/C20H32O5.C5H14N4/c1-15(21)7-6-8-17(22)13-11-16-12-14-19(23)18(16)9-4-2-3-5-10-20(24)25;6-3-1-2-4-9-5(7)8/h5,10,12,14-18,21-22H,2-4,6-9,11,13H2,1H3,(H,24,25);1-4,6H2,(H4,7,8,9)/t15?,16-,17-,18+;/m0./s1. The predicted octanol–water partition coefficient (Wildman–Crippen LogP) is 2.25. The van der Waals surface area contributed by atoms with Gasteiger partial charge in [-0.15, -0.1) is 0 Å². The normalized spacial score (nSPS) is 19.0. The third-order valence-corrected chi connectivity index (χ3v) is 5.69. The van der Waals surface area contributed by atoms with Gasteiger partial charge in [0.05, 0.1) is 12.2 Å². The number of rotatable bonds is 17. The van der Waals surface area contributed by atoms with E-state index in [0.29, 0.717) is 38.8 Å². The van der Waals surface area contributed by atoms with Crippen molar-refractivity contribution in [3.63, 3.8) is 0 Å². The summed E-state index contributed by atoms with van der Waals surface area (Å²) in [4.78, 5) is 26.2. The second kappa shape index (κ2) is 20.2. The van der Waals surface area contributed by atoms with Crippen molar-refractivity contribution >= 4 is 17.7 Å². The summed E-state index contributed by atoms with van der Waals surface area (Å²) in [6.07, 6.45) is 14.7. The van der Waals surface area contributed by atoms with E-state index in [1.807, 2.05) is 6.08 Å². The summed E-state index contributed by atoms with van der Waals surface area (Å²) in [6.45, 7) is 3.16. The molecule has 34 heavy (non-hydrogen) atoms. The van der Waals surface area contributed by atoms with Gasteiger partial charge < -0.3 is 32.5 Å². The molecule has 0 aromatic rings. The van der Waals surface area contributed by atoms with E-state index in [1.165, 1.54) is 0 Å². The highest BCUT2D eigenvalue weighted by Gasteiger charge is 2.29. The van der Waals surface area contributed by atoms with Gasteiger partial charge in [-0.2, -0.15) is 0 Å². The third-order valence-electron chi connectivity index (χ3n) is 5.69. The smallest absolute Gasteiger partial charge is 0.327 e. The van der Waals surface area contributed by atoms with Gasteiger partial charge >= 0.3 is 5.97 Å². The van der Waals surface area contributed by atoms with Gasteiger partial charge in [0.1, 0.15) is 0 Å².